The van der Waals surface area contributed by atoms with E-state index in [9.17, 15) is 14.0 Å². The van der Waals surface area contributed by atoms with E-state index in [1.54, 1.807) is 54.6 Å². The summed E-state index contributed by atoms with van der Waals surface area (Å²) in [4.78, 5) is 26.4. The maximum Gasteiger partial charge on any atom is 0.258 e. The Kier molecular flexibility index (Phi) is 7.62. The Bertz CT molecular complexity index is 1300. The Labute approximate surface area is 206 Å². The largest absolute Gasteiger partial charge is 0.323 e. The summed E-state index contributed by atoms with van der Waals surface area (Å²) in [5.74, 6) is -1.32. The summed E-state index contributed by atoms with van der Waals surface area (Å²) in [6.07, 6.45) is 0. The summed E-state index contributed by atoms with van der Waals surface area (Å²) < 4.78 is 13.9. The third kappa shape index (κ3) is 5.84. The molecule has 0 aliphatic heterocycles. The monoisotopic (exact) mass is 490 g/mol. The van der Waals surface area contributed by atoms with Crippen LogP contribution in [0.4, 0.5) is 15.8 Å². The van der Waals surface area contributed by atoms with E-state index in [2.05, 4.69) is 10.6 Å². The third-order valence-electron chi connectivity index (χ3n) is 4.96. The van der Waals surface area contributed by atoms with Crippen molar-refractivity contribution < 1.29 is 14.0 Å². The predicted molar refractivity (Wildman–Crippen MR) is 136 cm³/mol. The number of amides is 2. The zero-order valence-corrected chi connectivity index (χ0v) is 19.4. The van der Waals surface area contributed by atoms with Gasteiger partial charge in [-0.3, -0.25) is 9.59 Å². The molecule has 34 heavy (non-hydrogen) atoms. The molecule has 0 bridgehead atoms. The number of para-hydroxylation sites is 1. The highest BCUT2D eigenvalue weighted by atomic mass is 35.5. The van der Waals surface area contributed by atoms with Crippen molar-refractivity contribution in [1.82, 2.24) is 0 Å². The minimum atomic E-state index is -0.581. The van der Waals surface area contributed by atoms with Gasteiger partial charge in [0, 0.05) is 10.6 Å². The fourth-order valence-electron chi connectivity index (χ4n) is 3.26. The van der Waals surface area contributed by atoms with Gasteiger partial charge in [0.15, 0.2) is 0 Å². The predicted octanol–water partition coefficient (Wildman–Crippen LogP) is 7.20. The molecule has 4 rings (SSSR count). The molecule has 0 saturated heterocycles. The lowest BCUT2D eigenvalue weighted by Gasteiger charge is -2.18. The SMILES string of the molecule is O=C(Nc1ccc(SC(C(=O)Nc2ccccc2Cl)c2ccccc2)cc1)c1ccccc1F. The zero-order chi connectivity index (χ0) is 23.9. The molecule has 0 fully saturated rings. The van der Waals surface area contributed by atoms with Crippen LogP contribution in [0.1, 0.15) is 21.2 Å². The number of thioether (sulfide) groups is 1. The Balaban J connectivity index is 1.50. The molecule has 0 radical (unpaired) electrons. The highest BCUT2D eigenvalue weighted by Crippen LogP contribution is 2.37. The molecule has 4 aromatic carbocycles. The molecule has 2 amide bonds. The van der Waals surface area contributed by atoms with Crippen molar-refractivity contribution in [2.45, 2.75) is 10.1 Å². The quantitative estimate of drug-likeness (QED) is 0.269. The second kappa shape index (κ2) is 11.0. The first-order valence-electron chi connectivity index (χ1n) is 10.4. The summed E-state index contributed by atoms with van der Waals surface area (Å²) in [5, 5.41) is 5.53. The van der Waals surface area contributed by atoms with E-state index < -0.39 is 17.0 Å². The first-order chi connectivity index (χ1) is 16.5. The molecule has 0 aromatic heterocycles. The van der Waals surface area contributed by atoms with E-state index in [0.717, 1.165) is 10.5 Å². The lowest BCUT2D eigenvalue weighted by molar-refractivity contribution is -0.115. The number of rotatable bonds is 7. The second-order valence-electron chi connectivity index (χ2n) is 7.34. The van der Waals surface area contributed by atoms with E-state index in [0.29, 0.717) is 16.4 Å². The lowest BCUT2D eigenvalue weighted by Crippen LogP contribution is -2.19. The van der Waals surface area contributed by atoms with Crippen LogP contribution in [0.5, 0.6) is 0 Å². The van der Waals surface area contributed by atoms with Crippen LogP contribution in [0.2, 0.25) is 5.02 Å². The Morgan fingerprint density at radius 3 is 2.12 bits per heavy atom. The second-order valence-corrected chi connectivity index (χ2v) is 8.92. The van der Waals surface area contributed by atoms with Crippen molar-refractivity contribution in [2.24, 2.45) is 0 Å². The molecule has 0 aliphatic rings. The van der Waals surface area contributed by atoms with Gasteiger partial charge in [-0.15, -0.1) is 11.8 Å². The number of halogens is 2. The molecule has 7 heteroatoms. The number of anilines is 2. The van der Waals surface area contributed by atoms with Crippen LogP contribution >= 0.6 is 23.4 Å². The topological polar surface area (TPSA) is 58.2 Å². The molecule has 4 aromatic rings. The van der Waals surface area contributed by atoms with Crippen LogP contribution < -0.4 is 10.6 Å². The van der Waals surface area contributed by atoms with Crippen LogP contribution in [0.25, 0.3) is 0 Å². The van der Waals surface area contributed by atoms with Crippen molar-refractivity contribution in [3.63, 3.8) is 0 Å². The molecular formula is C27H20ClFN2O2S. The molecule has 1 unspecified atom stereocenters. The molecule has 0 heterocycles. The highest BCUT2D eigenvalue weighted by Gasteiger charge is 2.23. The van der Waals surface area contributed by atoms with E-state index in [-0.39, 0.29) is 11.5 Å². The molecule has 0 aliphatic carbocycles. The van der Waals surface area contributed by atoms with Crippen molar-refractivity contribution in [2.75, 3.05) is 10.6 Å². The highest BCUT2D eigenvalue weighted by molar-refractivity contribution is 8.00. The fraction of sp³-hybridized carbons (Fsp3) is 0.0370. The number of hydrogen-bond donors (Lipinski definition) is 2. The number of carbonyl (C=O) groups excluding carboxylic acids is 2. The first kappa shape index (κ1) is 23.5. The molecular weight excluding hydrogens is 471 g/mol. The normalized spacial score (nSPS) is 11.5. The minimum absolute atomic E-state index is 0.0265. The van der Waals surface area contributed by atoms with Crippen LogP contribution in [0.15, 0.2) is 108 Å². The van der Waals surface area contributed by atoms with Gasteiger partial charge in [-0.25, -0.2) is 4.39 Å². The number of benzene rings is 4. The van der Waals surface area contributed by atoms with Crippen molar-refractivity contribution >= 4 is 46.6 Å². The van der Waals surface area contributed by atoms with Crippen LogP contribution in [-0.2, 0) is 4.79 Å². The minimum Gasteiger partial charge on any atom is -0.323 e. The summed E-state index contributed by atoms with van der Waals surface area (Å²) in [6, 6.07) is 29.4. The number of hydrogen-bond acceptors (Lipinski definition) is 3. The number of carbonyl (C=O) groups is 2. The molecule has 4 nitrogen and oxygen atoms in total. The smallest absolute Gasteiger partial charge is 0.258 e. The van der Waals surface area contributed by atoms with Gasteiger partial charge >= 0.3 is 0 Å². The van der Waals surface area contributed by atoms with E-state index in [1.165, 1.54) is 30.0 Å². The van der Waals surface area contributed by atoms with Crippen LogP contribution in [-0.4, -0.2) is 11.8 Å². The molecule has 170 valence electrons. The maximum absolute atomic E-state index is 13.9. The maximum atomic E-state index is 13.9. The molecule has 2 N–H and O–H groups in total. The number of nitrogens with one attached hydrogen (secondary N) is 2. The molecule has 0 saturated carbocycles. The van der Waals surface area contributed by atoms with Crippen LogP contribution in [0, 0.1) is 5.82 Å². The van der Waals surface area contributed by atoms with Gasteiger partial charge in [-0.1, -0.05) is 66.2 Å². The van der Waals surface area contributed by atoms with Gasteiger partial charge in [0.2, 0.25) is 5.91 Å². The molecule has 0 spiro atoms. The third-order valence-corrected chi connectivity index (χ3v) is 6.55. The van der Waals surface area contributed by atoms with Gasteiger partial charge in [-0.2, -0.15) is 0 Å². The Morgan fingerprint density at radius 1 is 0.765 bits per heavy atom. The van der Waals surface area contributed by atoms with Crippen molar-refractivity contribution in [3.8, 4) is 0 Å². The average Bonchev–Trinajstić information content (AvgIpc) is 2.85. The molecule has 1 atom stereocenters. The van der Waals surface area contributed by atoms with Crippen molar-refractivity contribution in [3.05, 3.63) is 125 Å². The van der Waals surface area contributed by atoms with Gasteiger partial charge in [0.25, 0.3) is 5.91 Å². The van der Waals surface area contributed by atoms with Gasteiger partial charge < -0.3 is 10.6 Å². The summed E-state index contributed by atoms with van der Waals surface area (Å²) >= 11 is 7.59. The van der Waals surface area contributed by atoms with E-state index in [4.69, 9.17) is 11.6 Å². The average molecular weight is 491 g/mol. The zero-order valence-electron chi connectivity index (χ0n) is 17.9. The standard InChI is InChI=1S/C27H20ClFN2O2S/c28-22-11-5-7-13-24(22)31-27(33)25(18-8-2-1-3-9-18)34-20-16-14-19(15-17-20)30-26(32)21-10-4-6-12-23(21)29/h1-17,25H,(H,30,32)(H,31,33). The Hall–Kier alpha value is -3.61. The van der Waals surface area contributed by atoms with Gasteiger partial charge in [0.1, 0.15) is 11.1 Å². The summed E-state index contributed by atoms with van der Waals surface area (Å²) in [6.45, 7) is 0. The fourth-order valence-corrected chi connectivity index (χ4v) is 4.47. The van der Waals surface area contributed by atoms with Crippen LogP contribution in [0.3, 0.4) is 0 Å². The van der Waals surface area contributed by atoms with E-state index in [1.807, 2.05) is 30.3 Å². The first-order valence-corrected chi connectivity index (χ1v) is 11.7. The van der Waals surface area contributed by atoms with Crippen molar-refractivity contribution in [1.29, 1.82) is 0 Å². The lowest BCUT2D eigenvalue weighted by atomic mass is 10.1. The van der Waals surface area contributed by atoms with E-state index >= 15 is 0 Å². The Morgan fingerprint density at radius 2 is 1.41 bits per heavy atom. The van der Waals surface area contributed by atoms with Gasteiger partial charge in [0.05, 0.1) is 16.3 Å². The summed E-state index contributed by atoms with van der Waals surface area (Å²) in [5.41, 5.74) is 1.88. The summed E-state index contributed by atoms with van der Waals surface area (Å²) in [7, 11) is 0. The van der Waals surface area contributed by atoms with Gasteiger partial charge in [-0.05, 0) is 54.1 Å².